The van der Waals surface area contributed by atoms with Crippen molar-refractivity contribution in [3.8, 4) is 0 Å². The molecule has 0 heterocycles. The molecule has 0 atom stereocenters. The van der Waals surface area contributed by atoms with E-state index < -0.39 is 5.91 Å². The molecule has 0 fully saturated rings. The van der Waals surface area contributed by atoms with E-state index in [0.29, 0.717) is 11.3 Å². The molecule has 4 heteroatoms. The fraction of sp³-hybridized carbons (Fsp3) is 0.417. The number of anilines is 1. The van der Waals surface area contributed by atoms with Gasteiger partial charge in [-0.15, -0.1) is 0 Å². The summed E-state index contributed by atoms with van der Waals surface area (Å²) in [5, 5.41) is 0. The SMILES string of the molecule is CCCCCN.NC(=O)c1ccccc1N. The van der Waals surface area contributed by atoms with Gasteiger partial charge >= 0.3 is 0 Å². The molecule has 0 radical (unpaired) electrons. The molecule has 0 unspecified atom stereocenters. The first kappa shape index (κ1) is 14.5. The normalized spacial score (nSPS) is 9.12. The Labute approximate surface area is 96.8 Å². The van der Waals surface area contributed by atoms with Crippen LogP contribution >= 0.6 is 0 Å². The first-order chi connectivity index (χ1) is 7.63. The molecule has 0 saturated heterocycles. The second-order valence-corrected chi connectivity index (χ2v) is 3.45. The van der Waals surface area contributed by atoms with E-state index >= 15 is 0 Å². The Morgan fingerprint density at radius 3 is 2.19 bits per heavy atom. The third kappa shape index (κ3) is 6.03. The highest BCUT2D eigenvalue weighted by atomic mass is 16.1. The minimum Gasteiger partial charge on any atom is -0.398 e. The van der Waals surface area contributed by atoms with Crippen molar-refractivity contribution < 1.29 is 4.79 Å². The summed E-state index contributed by atoms with van der Waals surface area (Å²) in [7, 11) is 0. The number of primary amides is 1. The molecule has 1 aromatic carbocycles. The van der Waals surface area contributed by atoms with Crippen molar-refractivity contribution in [1.82, 2.24) is 0 Å². The average Bonchev–Trinajstić information content (AvgIpc) is 2.27. The number of carbonyl (C=O) groups excluding carboxylic acids is 1. The van der Waals surface area contributed by atoms with Crippen molar-refractivity contribution in [3.63, 3.8) is 0 Å². The molecule has 0 aliphatic heterocycles. The largest absolute Gasteiger partial charge is 0.398 e. The van der Waals surface area contributed by atoms with Crippen LogP contribution in [0.3, 0.4) is 0 Å². The number of hydrogen-bond acceptors (Lipinski definition) is 3. The van der Waals surface area contributed by atoms with Crippen LogP contribution in [0.5, 0.6) is 0 Å². The molecule has 1 amide bonds. The van der Waals surface area contributed by atoms with Crippen LogP contribution in [0, 0.1) is 0 Å². The number of amides is 1. The van der Waals surface area contributed by atoms with Gasteiger partial charge in [0.1, 0.15) is 0 Å². The van der Waals surface area contributed by atoms with Crippen LogP contribution < -0.4 is 17.2 Å². The average molecular weight is 223 g/mol. The molecule has 6 N–H and O–H groups in total. The summed E-state index contributed by atoms with van der Waals surface area (Å²) in [6.07, 6.45) is 3.75. The van der Waals surface area contributed by atoms with Crippen molar-refractivity contribution in [3.05, 3.63) is 29.8 Å². The fourth-order valence-corrected chi connectivity index (χ4v) is 1.12. The summed E-state index contributed by atoms with van der Waals surface area (Å²) in [4.78, 5) is 10.6. The quantitative estimate of drug-likeness (QED) is 0.533. The van der Waals surface area contributed by atoms with Crippen molar-refractivity contribution in [2.75, 3.05) is 12.3 Å². The van der Waals surface area contributed by atoms with Gasteiger partial charge in [0.2, 0.25) is 0 Å². The predicted octanol–water partition coefficient (Wildman–Crippen LogP) is 1.50. The zero-order valence-corrected chi connectivity index (χ0v) is 9.78. The van der Waals surface area contributed by atoms with Gasteiger partial charge in [0.15, 0.2) is 0 Å². The highest BCUT2D eigenvalue weighted by Crippen LogP contribution is 2.08. The second-order valence-electron chi connectivity index (χ2n) is 3.45. The van der Waals surface area contributed by atoms with E-state index in [0.717, 1.165) is 6.54 Å². The first-order valence-electron chi connectivity index (χ1n) is 5.47. The van der Waals surface area contributed by atoms with Gasteiger partial charge in [-0.2, -0.15) is 0 Å². The Morgan fingerprint density at radius 1 is 1.25 bits per heavy atom. The molecule has 0 aliphatic carbocycles. The van der Waals surface area contributed by atoms with Crippen molar-refractivity contribution >= 4 is 11.6 Å². The van der Waals surface area contributed by atoms with E-state index in [-0.39, 0.29) is 0 Å². The summed E-state index contributed by atoms with van der Waals surface area (Å²) >= 11 is 0. The molecule has 1 aromatic rings. The van der Waals surface area contributed by atoms with E-state index in [1.165, 1.54) is 19.3 Å². The van der Waals surface area contributed by atoms with Gasteiger partial charge < -0.3 is 17.2 Å². The molecule has 90 valence electrons. The maximum Gasteiger partial charge on any atom is 0.250 e. The molecule has 1 rings (SSSR count). The lowest BCUT2D eigenvalue weighted by molar-refractivity contribution is 0.100. The summed E-state index contributed by atoms with van der Waals surface area (Å²) < 4.78 is 0. The number of nitrogens with two attached hydrogens (primary N) is 3. The summed E-state index contributed by atoms with van der Waals surface area (Å²) in [6.45, 7) is 3.03. The number of benzene rings is 1. The molecule has 0 bridgehead atoms. The Bertz CT molecular complexity index is 309. The third-order valence-electron chi connectivity index (χ3n) is 2.03. The molecular formula is C12H21N3O. The number of nitrogen functional groups attached to an aromatic ring is 1. The lowest BCUT2D eigenvalue weighted by atomic mass is 10.2. The first-order valence-corrected chi connectivity index (χ1v) is 5.47. The standard InChI is InChI=1S/C7H8N2O.C5H13N/c8-6-4-2-1-3-5(6)7(9)10;1-2-3-4-5-6/h1-4H,8H2,(H2,9,10);2-6H2,1H3. The van der Waals surface area contributed by atoms with Gasteiger partial charge in [0, 0.05) is 5.69 Å². The van der Waals surface area contributed by atoms with Gasteiger partial charge in [-0.3, -0.25) is 4.79 Å². The van der Waals surface area contributed by atoms with Gasteiger partial charge in [0.25, 0.3) is 5.91 Å². The molecule has 0 aliphatic rings. The van der Waals surface area contributed by atoms with Crippen LogP contribution in [-0.4, -0.2) is 12.5 Å². The lowest BCUT2D eigenvalue weighted by Gasteiger charge is -1.97. The van der Waals surface area contributed by atoms with E-state index in [1.807, 2.05) is 0 Å². The molecule has 0 aromatic heterocycles. The smallest absolute Gasteiger partial charge is 0.250 e. The van der Waals surface area contributed by atoms with E-state index in [1.54, 1.807) is 24.3 Å². The fourth-order valence-electron chi connectivity index (χ4n) is 1.12. The highest BCUT2D eigenvalue weighted by Gasteiger charge is 2.01. The molecule has 0 spiro atoms. The minimum atomic E-state index is -0.488. The van der Waals surface area contributed by atoms with E-state index in [4.69, 9.17) is 17.2 Å². The minimum absolute atomic E-state index is 0.377. The topological polar surface area (TPSA) is 95.1 Å². The van der Waals surface area contributed by atoms with Crippen LogP contribution in [-0.2, 0) is 0 Å². The Balaban J connectivity index is 0.000000325. The zero-order chi connectivity index (χ0) is 12.4. The van der Waals surface area contributed by atoms with Gasteiger partial charge in [-0.05, 0) is 25.1 Å². The summed E-state index contributed by atoms with van der Waals surface area (Å²) in [5.74, 6) is -0.488. The van der Waals surface area contributed by atoms with Crippen LogP contribution in [0.2, 0.25) is 0 Å². The van der Waals surface area contributed by atoms with Crippen LogP contribution in [0.25, 0.3) is 0 Å². The maximum atomic E-state index is 10.6. The number of unbranched alkanes of at least 4 members (excludes halogenated alkanes) is 2. The lowest BCUT2D eigenvalue weighted by Crippen LogP contribution is -2.12. The third-order valence-corrected chi connectivity index (χ3v) is 2.03. The second kappa shape index (κ2) is 8.73. The van der Waals surface area contributed by atoms with Gasteiger partial charge in [0.05, 0.1) is 5.56 Å². The summed E-state index contributed by atoms with van der Waals surface area (Å²) in [5.41, 5.74) is 16.4. The van der Waals surface area contributed by atoms with E-state index in [9.17, 15) is 4.79 Å². The van der Waals surface area contributed by atoms with Gasteiger partial charge in [-0.25, -0.2) is 0 Å². The number of para-hydroxylation sites is 1. The highest BCUT2D eigenvalue weighted by molar-refractivity contribution is 5.97. The monoisotopic (exact) mass is 223 g/mol. The van der Waals surface area contributed by atoms with Crippen molar-refractivity contribution in [2.24, 2.45) is 11.5 Å². The van der Waals surface area contributed by atoms with E-state index in [2.05, 4.69) is 6.92 Å². The molecule has 16 heavy (non-hydrogen) atoms. The predicted molar refractivity (Wildman–Crippen MR) is 68.0 cm³/mol. The Morgan fingerprint density at radius 2 is 1.88 bits per heavy atom. The van der Waals surface area contributed by atoms with Crippen LogP contribution in [0.15, 0.2) is 24.3 Å². The maximum absolute atomic E-state index is 10.6. The van der Waals surface area contributed by atoms with Crippen LogP contribution in [0.4, 0.5) is 5.69 Å². The Kier molecular flexibility index (Phi) is 7.89. The van der Waals surface area contributed by atoms with Gasteiger partial charge in [-0.1, -0.05) is 31.9 Å². The van der Waals surface area contributed by atoms with Crippen LogP contribution in [0.1, 0.15) is 36.5 Å². The Hall–Kier alpha value is -1.55. The zero-order valence-electron chi connectivity index (χ0n) is 9.78. The molecular weight excluding hydrogens is 202 g/mol. The van der Waals surface area contributed by atoms with Crippen molar-refractivity contribution in [2.45, 2.75) is 26.2 Å². The molecule has 4 nitrogen and oxygen atoms in total. The number of hydrogen-bond donors (Lipinski definition) is 3. The molecule has 0 saturated carbocycles. The van der Waals surface area contributed by atoms with Crippen molar-refractivity contribution in [1.29, 1.82) is 0 Å². The number of carbonyl (C=O) groups is 1. The summed E-state index contributed by atoms with van der Waals surface area (Å²) in [6, 6.07) is 6.70. The number of rotatable bonds is 4.